The zero-order valence-electron chi connectivity index (χ0n) is 13.6. The number of rotatable bonds is 9. The number of nitrogens with zero attached hydrogens (tertiary/aromatic N) is 2. The number of carbonyl (C=O) groups is 1. The summed E-state index contributed by atoms with van der Waals surface area (Å²) in [5.41, 5.74) is 0.0529. The molecule has 0 radical (unpaired) electrons. The number of halogens is 1. The predicted molar refractivity (Wildman–Crippen MR) is 92.6 cm³/mol. The zero-order chi connectivity index (χ0) is 18.2. The first-order chi connectivity index (χ1) is 12.0. The topological polar surface area (TPSA) is 97.8 Å². The van der Waals surface area contributed by atoms with Gasteiger partial charge in [0.15, 0.2) is 0 Å². The smallest absolute Gasteiger partial charge is 0.289 e. The van der Waals surface area contributed by atoms with Gasteiger partial charge in [0.1, 0.15) is 10.8 Å². The largest absolute Gasteiger partial charge is 0.468 e. The van der Waals surface area contributed by atoms with Crippen LogP contribution in [0.4, 0.5) is 11.4 Å². The summed E-state index contributed by atoms with van der Waals surface area (Å²) in [6.45, 7) is 1.52. The summed E-state index contributed by atoms with van der Waals surface area (Å²) in [5.74, 6) is 0.422. The Balaban J connectivity index is 2.00. The number of nitro benzene ring substituents is 1. The molecule has 0 unspecified atom stereocenters. The van der Waals surface area contributed by atoms with E-state index in [2.05, 4.69) is 5.32 Å². The highest BCUT2D eigenvalue weighted by Gasteiger charge is 2.16. The molecule has 1 N–H and O–H groups in total. The second-order valence-electron chi connectivity index (χ2n) is 5.25. The summed E-state index contributed by atoms with van der Waals surface area (Å²) in [5, 5.41) is 13.6. The summed E-state index contributed by atoms with van der Waals surface area (Å²) in [6, 6.07) is 7.71. The van der Waals surface area contributed by atoms with Crippen molar-refractivity contribution < 1.29 is 18.9 Å². The Morgan fingerprint density at radius 1 is 1.44 bits per heavy atom. The van der Waals surface area contributed by atoms with Crippen molar-refractivity contribution in [3.05, 3.63) is 57.5 Å². The highest BCUT2D eigenvalue weighted by Crippen LogP contribution is 2.27. The number of hydrogen-bond donors (Lipinski definition) is 1. The lowest BCUT2D eigenvalue weighted by atomic mass is 10.2. The number of hydrogen-bond acceptors (Lipinski definition) is 6. The van der Waals surface area contributed by atoms with E-state index in [9.17, 15) is 14.9 Å². The van der Waals surface area contributed by atoms with Gasteiger partial charge in [-0.15, -0.1) is 0 Å². The Hall–Kier alpha value is -2.42. The van der Waals surface area contributed by atoms with E-state index in [1.165, 1.54) is 18.2 Å². The lowest BCUT2D eigenvalue weighted by Crippen LogP contribution is -2.35. The Morgan fingerprint density at radius 3 is 2.88 bits per heavy atom. The number of nitrogens with one attached hydrogen (secondary N) is 1. The van der Waals surface area contributed by atoms with Gasteiger partial charge >= 0.3 is 0 Å². The van der Waals surface area contributed by atoms with E-state index >= 15 is 0 Å². The van der Waals surface area contributed by atoms with Crippen LogP contribution in [0.2, 0.25) is 5.02 Å². The molecule has 0 saturated carbocycles. The third-order valence-corrected chi connectivity index (χ3v) is 3.68. The maximum Gasteiger partial charge on any atom is 0.289 e. The molecule has 9 heteroatoms. The number of carbonyl (C=O) groups excluding carboxylic acids is 1. The van der Waals surface area contributed by atoms with E-state index in [0.29, 0.717) is 25.4 Å². The number of ether oxygens (including phenoxy) is 1. The number of anilines is 1. The Morgan fingerprint density at radius 2 is 2.24 bits per heavy atom. The third kappa shape index (κ3) is 5.86. The number of methoxy groups -OCH3 is 1. The van der Waals surface area contributed by atoms with Gasteiger partial charge < -0.3 is 14.5 Å². The summed E-state index contributed by atoms with van der Waals surface area (Å²) in [4.78, 5) is 24.4. The molecule has 0 bridgehead atoms. The van der Waals surface area contributed by atoms with E-state index in [4.69, 9.17) is 20.8 Å². The number of amides is 1. The molecule has 1 heterocycles. The van der Waals surface area contributed by atoms with E-state index in [1.54, 1.807) is 19.4 Å². The molecule has 0 saturated heterocycles. The normalized spacial score (nSPS) is 10.8. The van der Waals surface area contributed by atoms with Crippen molar-refractivity contribution >= 4 is 28.9 Å². The van der Waals surface area contributed by atoms with Gasteiger partial charge in [0, 0.05) is 25.4 Å². The highest BCUT2D eigenvalue weighted by molar-refractivity contribution is 6.32. The molecule has 1 aromatic carbocycles. The van der Waals surface area contributed by atoms with Crippen molar-refractivity contribution in [3.8, 4) is 0 Å². The molecule has 25 heavy (non-hydrogen) atoms. The van der Waals surface area contributed by atoms with Gasteiger partial charge in [-0.3, -0.25) is 19.8 Å². The van der Waals surface area contributed by atoms with Crippen molar-refractivity contribution in [2.75, 3.05) is 32.1 Å². The lowest BCUT2D eigenvalue weighted by molar-refractivity contribution is -0.384. The van der Waals surface area contributed by atoms with Crippen LogP contribution >= 0.6 is 11.6 Å². The number of nitro groups is 1. The van der Waals surface area contributed by atoms with Gasteiger partial charge in [-0.1, -0.05) is 11.6 Å². The van der Waals surface area contributed by atoms with Crippen molar-refractivity contribution in [1.82, 2.24) is 4.90 Å². The van der Waals surface area contributed by atoms with Crippen LogP contribution in [0.1, 0.15) is 5.76 Å². The molecule has 1 amide bonds. The zero-order valence-corrected chi connectivity index (χ0v) is 14.4. The van der Waals surface area contributed by atoms with Crippen LogP contribution in [0.15, 0.2) is 41.0 Å². The Kier molecular flexibility index (Phi) is 6.93. The molecule has 0 aliphatic rings. The average Bonchev–Trinajstić information content (AvgIpc) is 3.07. The molecular weight excluding hydrogens is 350 g/mol. The maximum absolute atomic E-state index is 12.3. The van der Waals surface area contributed by atoms with Gasteiger partial charge in [0.2, 0.25) is 5.91 Å². The van der Waals surface area contributed by atoms with Crippen LogP contribution in [0.3, 0.4) is 0 Å². The molecule has 2 aromatic rings. The van der Waals surface area contributed by atoms with E-state index in [1.807, 2.05) is 11.0 Å². The van der Waals surface area contributed by atoms with Crippen molar-refractivity contribution in [1.29, 1.82) is 0 Å². The second-order valence-corrected chi connectivity index (χ2v) is 5.66. The fourth-order valence-corrected chi connectivity index (χ4v) is 2.38. The van der Waals surface area contributed by atoms with Gasteiger partial charge in [0.05, 0.1) is 30.9 Å². The number of benzene rings is 1. The highest BCUT2D eigenvalue weighted by atomic mass is 35.5. The lowest BCUT2D eigenvalue weighted by Gasteiger charge is -2.20. The first-order valence-electron chi connectivity index (χ1n) is 7.47. The molecule has 2 rings (SSSR count). The summed E-state index contributed by atoms with van der Waals surface area (Å²) >= 11 is 5.76. The van der Waals surface area contributed by atoms with E-state index in [0.717, 1.165) is 5.76 Å². The fourth-order valence-electron chi connectivity index (χ4n) is 2.19. The van der Waals surface area contributed by atoms with Crippen molar-refractivity contribution in [2.24, 2.45) is 0 Å². The molecular formula is C16H18ClN3O5. The molecule has 8 nitrogen and oxygen atoms in total. The number of furan rings is 1. The fraction of sp³-hybridized carbons (Fsp3) is 0.312. The molecule has 0 atom stereocenters. The monoisotopic (exact) mass is 367 g/mol. The van der Waals surface area contributed by atoms with Gasteiger partial charge in [-0.2, -0.15) is 0 Å². The first-order valence-corrected chi connectivity index (χ1v) is 7.85. The maximum atomic E-state index is 12.3. The minimum Gasteiger partial charge on any atom is -0.468 e. The average molecular weight is 368 g/mol. The SMILES string of the molecule is COCCN(CC(=O)Nc1ccc(Cl)c([N+](=O)[O-])c1)Cc1ccco1. The minimum atomic E-state index is -0.597. The molecule has 0 fully saturated rings. The van der Waals surface area contributed by atoms with Crippen LogP contribution in [0.25, 0.3) is 0 Å². The molecule has 0 spiro atoms. The third-order valence-electron chi connectivity index (χ3n) is 3.36. The van der Waals surface area contributed by atoms with E-state index in [-0.39, 0.29) is 23.2 Å². The van der Waals surface area contributed by atoms with Gasteiger partial charge in [-0.05, 0) is 24.3 Å². The second kappa shape index (κ2) is 9.16. The molecule has 0 aliphatic carbocycles. The first kappa shape index (κ1) is 18.9. The predicted octanol–water partition coefficient (Wildman–Crippen LogP) is 2.93. The van der Waals surface area contributed by atoms with Gasteiger partial charge in [-0.25, -0.2) is 0 Å². The van der Waals surface area contributed by atoms with Crippen molar-refractivity contribution in [2.45, 2.75) is 6.54 Å². The van der Waals surface area contributed by atoms with Crippen LogP contribution < -0.4 is 5.32 Å². The summed E-state index contributed by atoms with van der Waals surface area (Å²) in [6.07, 6.45) is 1.57. The Labute approximate surface area is 149 Å². The standard InChI is InChI=1S/C16H18ClN3O5/c1-24-8-6-19(10-13-3-2-7-25-13)11-16(21)18-12-4-5-14(17)15(9-12)20(22)23/h2-5,7,9H,6,8,10-11H2,1H3,(H,18,21). The Bertz CT molecular complexity index is 721. The summed E-state index contributed by atoms with van der Waals surface area (Å²) < 4.78 is 10.3. The summed E-state index contributed by atoms with van der Waals surface area (Å²) in [7, 11) is 1.58. The van der Waals surface area contributed by atoms with Crippen LogP contribution in [-0.2, 0) is 16.1 Å². The van der Waals surface area contributed by atoms with Crippen LogP contribution in [-0.4, -0.2) is 42.5 Å². The van der Waals surface area contributed by atoms with Crippen LogP contribution in [0.5, 0.6) is 0 Å². The van der Waals surface area contributed by atoms with E-state index < -0.39 is 4.92 Å². The molecule has 0 aliphatic heterocycles. The van der Waals surface area contributed by atoms with Crippen molar-refractivity contribution in [3.63, 3.8) is 0 Å². The van der Waals surface area contributed by atoms with Crippen LogP contribution in [0, 0.1) is 10.1 Å². The quantitative estimate of drug-likeness (QED) is 0.540. The molecule has 1 aromatic heterocycles. The minimum absolute atomic E-state index is 0.0162. The van der Waals surface area contributed by atoms with Gasteiger partial charge in [0.25, 0.3) is 5.69 Å². The molecule has 134 valence electrons.